The topological polar surface area (TPSA) is 107 Å². The Labute approximate surface area is 179 Å². The van der Waals surface area contributed by atoms with Gasteiger partial charge in [0.1, 0.15) is 5.69 Å². The molecule has 2 heterocycles. The van der Waals surface area contributed by atoms with Crippen molar-refractivity contribution < 1.29 is 14.4 Å². The number of aromatic amines is 1. The predicted molar refractivity (Wildman–Crippen MR) is 116 cm³/mol. The van der Waals surface area contributed by atoms with Crippen LogP contribution >= 0.6 is 0 Å². The largest absolute Gasteiger partial charge is 0.311 e. The number of hydrogen-bond acceptors (Lipinski definition) is 4. The smallest absolute Gasteiger partial charge is 0.287 e. The van der Waals surface area contributed by atoms with E-state index in [1.54, 1.807) is 11.0 Å². The van der Waals surface area contributed by atoms with Crippen LogP contribution in [0.4, 0.5) is 5.69 Å². The molecule has 3 aromatic rings. The fourth-order valence-electron chi connectivity index (χ4n) is 3.67. The summed E-state index contributed by atoms with van der Waals surface area (Å²) in [6.45, 7) is 2.30. The molecular weight excluding hydrogens is 394 g/mol. The highest BCUT2D eigenvalue weighted by molar-refractivity contribution is 6.01. The van der Waals surface area contributed by atoms with Crippen molar-refractivity contribution in [3.8, 4) is 11.3 Å². The fourth-order valence-corrected chi connectivity index (χ4v) is 3.67. The van der Waals surface area contributed by atoms with Gasteiger partial charge < -0.3 is 4.90 Å². The number of nitrogens with zero attached hydrogens (tertiary/aromatic N) is 2. The molecule has 3 amide bonds. The summed E-state index contributed by atoms with van der Waals surface area (Å²) in [7, 11) is 0. The van der Waals surface area contributed by atoms with Crippen molar-refractivity contribution >= 4 is 23.4 Å². The van der Waals surface area contributed by atoms with Gasteiger partial charge in [0.15, 0.2) is 0 Å². The molecule has 1 saturated heterocycles. The van der Waals surface area contributed by atoms with E-state index in [1.807, 2.05) is 61.5 Å². The molecule has 0 bridgehead atoms. The second-order valence-corrected chi connectivity index (χ2v) is 7.36. The average molecular weight is 417 g/mol. The molecule has 0 saturated carbocycles. The van der Waals surface area contributed by atoms with Crippen LogP contribution in [0.3, 0.4) is 0 Å². The van der Waals surface area contributed by atoms with Crippen LogP contribution in [0.1, 0.15) is 29.4 Å². The lowest BCUT2D eigenvalue weighted by molar-refractivity contribution is -0.126. The summed E-state index contributed by atoms with van der Waals surface area (Å²) in [6, 6.07) is 18.7. The van der Waals surface area contributed by atoms with E-state index in [9.17, 15) is 14.4 Å². The number of hydrogen-bond donors (Lipinski definition) is 3. The van der Waals surface area contributed by atoms with Gasteiger partial charge in [-0.3, -0.25) is 30.3 Å². The molecule has 158 valence electrons. The zero-order valence-electron chi connectivity index (χ0n) is 17.1. The summed E-state index contributed by atoms with van der Waals surface area (Å²) in [5, 5.41) is 6.80. The number of nitrogens with one attached hydrogen (secondary N) is 3. The lowest BCUT2D eigenvalue weighted by Crippen LogP contribution is -2.45. The molecule has 8 heteroatoms. The van der Waals surface area contributed by atoms with E-state index in [-0.39, 0.29) is 24.6 Å². The number of aromatic nitrogens is 2. The standard InChI is InChI=1S/C23H23N5O3/c1-2-15-8-6-7-11-20(15)28-14-17(12-21(28)29)22(30)26-27-23(31)19-13-18(24-25-19)16-9-4-3-5-10-16/h3-11,13,17H,2,12,14H2,1H3,(H,24,25)(H,26,30)(H,27,31). The van der Waals surface area contributed by atoms with Gasteiger partial charge in [-0.1, -0.05) is 55.5 Å². The normalized spacial score (nSPS) is 15.7. The number of carbonyl (C=O) groups excluding carboxylic acids is 3. The number of H-pyrrole nitrogens is 1. The van der Waals surface area contributed by atoms with Crippen LogP contribution in [0.5, 0.6) is 0 Å². The number of aryl methyl sites for hydroxylation is 1. The van der Waals surface area contributed by atoms with Gasteiger partial charge in [0.2, 0.25) is 11.8 Å². The molecule has 4 rings (SSSR count). The first-order valence-electron chi connectivity index (χ1n) is 10.2. The summed E-state index contributed by atoms with van der Waals surface area (Å²) in [6.07, 6.45) is 0.893. The van der Waals surface area contributed by atoms with Crippen molar-refractivity contribution in [2.45, 2.75) is 19.8 Å². The highest BCUT2D eigenvalue weighted by atomic mass is 16.2. The lowest BCUT2D eigenvalue weighted by atomic mass is 10.1. The molecule has 1 aliphatic rings. The van der Waals surface area contributed by atoms with Crippen molar-refractivity contribution in [2.24, 2.45) is 5.92 Å². The molecule has 0 spiro atoms. The lowest BCUT2D eigenvalue weighted by Gasteiger charge is -2.20. The zero-order valence-corrected chi connectivity index (χ0v) is 17.1. The van der Waals surface area contributed by atoms with Crippen LogP contribution in [-0.2, 0) is 16.0 Å². The van der Waals surface area contributed by atoms with Gasteiger partial charge in [-0.05, 0) is 24.1 Å². The third-order valence-corrected chi connectivity index (χ3v) is 5.35. The minimum atomic E-state index is -0.542. The molecule has 3 N–H and O–H groups in total. The molecule has 0 aliphatic carbocycles. The van der Waals surface area contributed by atoms with Gasteiger partial charge in [0, 0.05) is 24.2 Å². The Balaban J connectivity index is 1.35. The van der Waals surface area contributed by atoms with Crippen molar-refractivity contribution in [2.75, 3.05) is 11.4 Å². The maximum atomic E-state index is 12.6. The third kappa shape index (κ3) is 4.32. The summed E-state index contributed by atoms with van der Waals surface area (Å²) < 4.78 is 0. The molecule has 8 nitrogen and oxygen atoms in total. The van der Waals surface area contributed by atoms with Crippen molar-refractivity contribution in [3.05, 3.63) is 71.9 Å². The van der Waals surface area contributed by atoms with E-state index < -0.39 is 17.7 Å². The van der Waals surface area contributed by atoms with Crippen LogP contribution in [0.15, 0.2) is 60.7 Å². The summed E-state index contributed by atoms with van der Waals surface area (Å²) >= 11 is 0. The number of hydrazine groups is 1. The molecule has 31 heavy (non-hydrogen) atoms. The minimum Gasteiger partial charge on any atom is -0.311 e. The Morgan fingerprint density at radius 1 is 1.10 bits per heavy atom. The number of para-hydroxylation sites is 1. The van der Waals surface area contributed by atoms with Crippen LogP contribution < -0.4 is 15.8 Å². The van der Waals surface area contributed by atoms with Gasteiger partial charge in [-0.25, -0.2) is 0 Å². The van der Waals surface area contributed by atoms with Crippen molar-refractivity contribution in [1.29, 1.82) is 0 Å². The summed E-state index contributed by atoms with van der Waals surface area (Å²) in [5.74, 6) is -1.56. The maximum Gasteiger partial charge on any atom is 0.287 e. The Kier molecular flexibility index (Phi) is 5.79. The monoisotopic (exact) mass is 417 g/mol. The molecule has 1 unspecified atom stereocenters. The maximum absolute atomic E-state index is 12.6. The first-order valence-corrected chi connectivity index (χ1v) is 10.2. The summed E-state index contributed by atoms with van der Waals surface area (Å²) in [5.41, 5.74) is 8.43. The Morgan fingerprint density at radius 3 is 2.61 bits per heavy atom. The van der Waals surface area contributed by atoms with Gasteiger partial charge >= 0.3 is 0 Å². The van der Waals surface area contributed by atoms with Gasteiger partial charge in [-0.15, -0.1) is 0 Å². The quantitative estimate of drug-likeness (QED) is 0.554. The number of amides is 3. The Hall–Kier alpha value is -3.94. The number of carbonyl (C=O) groups is 3. The number of anilines is 1. The molecule has 1 aliphatic heterocycles. The Bertz CT molecular complexity index is 1110. The van der Waals surface area contributed by atoms with E-state index in [0.717, 1.165) is 23.2 Å². The van der Waals surface area contributed by atoms with E-state index >= 15 is 0 Å². The SMILES string of the molecule is CCc1ccccc1N1CC(C(=O)NNC(=O)c2cc(-c3ccccc3)n[nH]2)CC1=O. The Morgan fingerprint density at radius 2 is 1.84 bits per heavy atom. The second kappa shape index (κ2) is 8.83. The van der Waals surface area contributed by atoms with Crippen LogP contribution in [0.2, 0.25) is 0 Å². The predicted octanol–water partition coefficient (Wildman–Crippen LogP) is 2.45. The molecule has 1 atom stereocenters. The second-order valence-electron chi connectivity index (χ2n) is 7.36. The van der Waals surface area contributed by atoms with E-state index in [0.29, 0.717) is 5.69 Å². The average Bonchev–Trinajstić information content (AvgIpc) is 3.45. The van der Waals surface area contributed by atoms with E-state index in [2.05, 4.69) is 21.0 Å². The number of benzene rings is 2. The highest BCUT2D eigenvalue weighted by Crippen LogP contribution is 2.28. The molecule has 1 aromatic heterocycles. The molecular formula is C23H23N5O3. The van der Waals surface area contributed by atoms with Crippen LogP contribution in [0, 0.1) is 5.92 Å². The van der Waals surface area contributed by atoms with Crippen molar-refractivity contribution in [3.63, 3.8) is 0 Å². The molecule has 0 radical (unpaired) electrons. The van der Waals surface area contributed by atoms with Crippen LogP contribution in [0.25, 0.3) is 11.3 Å². The highest BCUT2D eigenvalue weighted by Gasteiger charge is 2.36. The first kappa shape index (κ1) is 20.3. The summed E-state index contributed by atoms with van der Waals surface area (Å²) in [4.78, 5) is 39.1. The fraction of sp³-hybridized carbons (Fsp3) is 0.217. The van der Waals surface area contributed by atoms with Crippen LogP contribution in [-0.4, -0.2) is 34.5 Å². The zero-order chi connectivity index (χ0) is 21.8. The van der Waals surface area contributed by atoms with E-state index in [1.165, 1.54) is 0 Å². The third-order valence-electron chi connectivity index (χ3n) is 5.35. The van der Waals surface area contributed by atoms with Crippen molar-refractivity contribution in [1.82, 2.24) is 21.0 Å². The minimum absolute atomic E-state index is 0.0992. The van der Waals surface area contributed by atoms with Gasteiger partial charge in [0.25, 0.3) is 5.91 Å². The first-order chi connectivity index (χ1) is 15.1. The van der Waals surface area contributed by atoms with Gasteiger partial charge in [-0.2, -0.15) is 5.10 Å². The molecule has 2 aromatic carbocycles. The number of rotatable bonds is 5. The molecule has 1 fully saturated rings. The van der Waals surface area contributed by atoms with Gasteiger partial charge in [0.05, 0.1) is 11.6 Å². The van der Waals surface area contributed by atoms with E-state index in [4.69, 9.17) is 0 Å².